The summed E-state index contributed by atoms with van der Waals surface area (Å²) in [5.74, 6) is -0.756. The molecule has 3 N–H and O–H groups in total. The van der Waals surface area contributed by atoms with Gasteiger partial charge >= 0.3 is 0 Å². The molecule has 1 aromatic heterocycles. The molecule has 1 aromatic carbocycles. The Labute approximate surface area is 134 Å². The van der Waals surface area contributed by atoms with E-state index in [1.807, 2.05) is 31.2 Å². The van der Waals surface area contributed by atoms with Crippen LogP contribution in [0.1, 0.15) is 34.5 Å². The number of aliphatic hydroxyl groups excluding tert-OH is 1. The van der Waals surface area contributed by atoms with Gasteiger partial charge in [-0.05, 0) is 25.5 Å². The number of hydrogen-bond donors (Lipinski definition) is 3. The van der Waals surface area contributed by atoms with Crippen molar-refractivity contribution in [2.45, 2.75) is 26.0 Å². The molecule has 6 nitrogen and oxygen atoms in total. The van der Waals surface area contributed by atoms with E-state index in [-0.39, 0.29) is 18.4 Å². The summed E-state index contributed by atoms with van der Waals surface area (Å²) in [4.78, 5) is 23.8. The average Bonchev–Trinajstić information content (AvgIpc) is 3.07. The molecule has 0 aliphatic heterocycles. The normalized spacial score (nSPS) is 13.2. The third-order valence-electron chi connectivity index (χ3n) is 3.46. The summed E-state index contributed by atoms with van der Waals surface area (Å²) in [6.07, 6.45) is 1.90. The van der Waals surface area contributed by atoms with Gasteiger partial charge in [0, 0.05) is 6.54 Å². The van der Waals surface area contributed by atoms with Crippen molar-refractivity contribution in [2.75, 3.05) is 6.54 Å². The predicted molar refractivity (Wildman–Crippen MR) is 84.8 cm³/mol. The third-order valence-corrected chi connectivity index (χ3v) is 3.46. The predicted octanol–water partition coefficient (Wildman–Crippen LogP) is 1.56. The number of aliphatic hydroxyl groups is 1. The minimum Gasteiger partial charge on any atom is -0.472 e. The van der Waals surface area contributed by atoms with Crippen LogP contribution in [-0.4, -0.2) is 29.5 Å². The molecule has 2 atom stereocenters. The molecule has 0 bridgehead atoms. The zero-order valence-corrected chi connectivity index (χ0v) is 13.1. The Morgan fingerprint density at radius 3 is 2.52 bits per heavy atom. The molecule has 2 aromatic rings. The minimum atomic E-state index is -0.795. The van der Waals surface area contributed by atoms with E-state index < -0.39 is 12.1 Å². The highest BCUT2D eigenvalue weighted by molar-refractivity contribution is 5.97. The van der Waals surface area contributed by atoms with Crippen molar-refractivity contribution >= 4 is 11.8 Å². The number of carbonyl (C=O) groups excluding carboxylic acids is 2. The van der Waals surface area contributed by atoms with Crippen molar-refractivity contribution in [3.05, 3.63) is 59.5 Å². The number of benzene rings is 1. The lowest BCUT2D eigenvalue weighted by atomic mass is 10.1. The molecule has 1 heterocycles. The summed E-state index contributed by atoms with van der Waals surface area (Å²) < 4.78 is 4.82. The molecular formula is C17H20N2O4. The van der Waals surface area contributed by atoms with Gasteiger partial charge in [-0.25, -0.2) is 0 Å². The van der Waals surface area contributed by atoms with Crippen LogP contribution in [0.15, 0.2) is 47.3 Å². The Kier molecular flexibility index (Phi) is 5.54. The van der Waals surface area contributed by atoms with E-state index in [9.17, 15) is 14.7 Å². The Balaban J connectivity index is 1.81. The first-order valence-electron chi connectivity index (χ1n) is 7.33. The summed E-state index contributed by atoms with van der Waals surface area (Å²) in [6, 6.07) is 8.22. The lowest BCUT2D eigenvalue weighted by Crippen LogP contribution is -2.45. The van der Waals surface area contributed by atoms with Crippen molar-refractivity contribution in [1.82, 2.24) is 10.6 Å². The van der Waals surface area contributed by atoms with E-state index >= 15 is 0 Å². The standard InChI is InChI=1S/C17H20N2O4/c1-11-3-5-13(6-4-11)15(20)9-18-16(21)12(2)19-17(22)14-7-8-23-10-14/h3-8,10,12,15,20H,9H2,1-2H3,(H,18,21)(H,19,22)/t12-,15+/m1/s1. The summed E-state index contributed by atoms with van der Waals surface area (Å²) in [6.45, 7) is 3.61. The van der Waals surface area contributed by atoms with E-state index in [4.69, 9.17) is 4.42 Å². The summed E-state index contributed by atoms with van der Waals surface area (Å²) in [5.41, 5.74) is 2.18. The lowest BCUT2D eigenvalue weighted by molar-refractivity contribution is -0.123. The number of rotatable bonds is 6. The molecule has 0 aliphatic rings. The first kappa shape index (κ1) is 16.8. The van der Waals surface area contributed by atoms with E-state index in [0.717, 1.165) is 11.1 Å². The van der Waals surface area contributed by atoms with E-state index in [2.05, 4.69) is 10.6 Å². The smallest absolute Gasteiger partial charge is 0.255 e. The van der Waals surface area contributed by atoms with Crippen molar-refractivity contribution in [1.29, 1.82) is 0 Å². The maximum Gasteiger partial charge on any atom is 0.255 e. The molecule has 2 amide bonds. The highest BCUT2D eigenvalue weighted by atomic mass is 16.3. The Morgan fingerprint density at radius 1 is 1.22 bits per heavy atom. The molecule has 0 unspecified atom stereocenters. The molecule has 0 aliphatic carbocycles. The van der Waals surface area contributed by atoms with Crippen LogP contribution in [0.25, 0.3) is 0 Å². The quantitative estimate of drug-likeness (QED) is 0.754. The van der Waals surface area contributed by atoms with Gasteiger partial charge in [-0.3, -0.25) is 9.59 Å². The van der Waals surface area contributed by atoms with Crippen LogP contribution >= 0.6 is 0 Å². The van der Waals surface area contributed by atoms with Gasteiger partial charge in [0.1, 0.15) is 12.3 Å². The summed E-state index contributed by atoms with van der Waals surface area (Å²) in [7, 11) is 0. The fourth-order valence-electron chi connectivity index (χ4n) is 2.00. The van der Waals surface area contributed by atoms with Crippen molar-refractivity contribution in [3.8, 4) is 0 Å². The zero-order valence-electron chi connectivity index (χ0n) is 13.1. The van der Waals surface area contributed by atoms with Crippen molar-refractivity contribution < 1.29 is 19.1 Å². The lowest BCUT2D eigenvalue weighted by Gasteiger charge is -2.16. The first-order valence-corrected chi connectivity index (χ1v) is 7.33. The van der Waals surface area contributed by atoms with E-state index in [0.29, 0.717) is 5.56 Å². The fraction of sp³-hybridized carbons (Fsp3) is 0.294. The third kappa shape index (κ3) is 4.69. The highest BCUT2D eigenvalue weighted by Crippen LogP contribution is 2.12. The van der Waals surface area contributed by atoms with E-state index in [1.165, 1.54) is 18.6 Å². The molecule has 0 saturated carbocycles. The van der Waals surface area contributed by atoms with Crippen molar-refractivity contribution in [3.63, 3.8) is 0 Å². The summed E-state index contributed by atoms with van der Waals surface area (Å²) in [5, 5.41) is 15.2. The minimum absolute atomic E-state index is 0.0772. The van der Waals surface area contributed by atoms with Crippen LogP contribution in [0.2, 0.25) is 0 Å². The van der Waals surface area contributed by atoms with Gasteiger partial charge < -0.3 is 20.2 Å². The van der Waals surface area contributed by atoms with Gasteiger partial charge in [-0.2, -0.15) is 0 Å². The summed E-state index contributed by atoms with van der Waals surface area (Å²) >= 11 is 0. The average molecular weight is 316 g/mol. The van der Waals surface area contributed by atoms with Crippen LogP contribution in [-0.2, 0) is 4.79 Å². The molecule has 122 valence electrons. The molecule has 2 rings (SSSR count). The zero-order chi connectivity index (χ0) is 16.8. The molecule has 6 heteroatoms. The molecule has 0 spiro atoms. The number of aryl methyl sites for hydroxylation is 1. The number of amides is 2. The van der Waals surface area contributed by atoms with Crippen LogP contribution in [0.5, 0.6) is 0 Å². The maximum atomic E-state index is 12.0. The maximum absolute atomic E-state index is 12.0. The molecular weight excluding hydrogens is 296 g/mol. The highest BCUT2D eigenvalue weighted by Gasteiger charge is 2.18. The van der Waals surface area contributed by atoms with Crippen LogP contribution < -0.4 is 10.6 Å². The second-order valence-corrected chi connectivity index (χ2v) is 5.38. The van der Waals surface area contributed by atoms with Crippen molar-refractivity contribution in [2.24, 2.45) is 0 Å². The second-order valence-electron chi connectivity index (χ2n) is 5.38. The monoisotopic (exact) mass is 316 g/mol. The van der Waals surface area contributed by atoms with Gasteiger partial charge in [0.15, 0.2) is 0 Å². The van der Waals surface area contributed by atoms with Gasteiger partial charge in [0.25, 0.3) is 5.91 Å². The molecule has 0 radical (unpaired) electrons. The van der Waals surface area contributed by atoms with Crippen LogP contribution in [0, 0.1) is 6.92 Å². The van der Waals surface area contributed by atoms with Gasteiger partial charge in [0.2, 0.25) is 5.91 Å². The second kappa shape index (κ2) is 7.60. The number of carbonyl (C=O) groups is 2. The topological polar surface area (TPSA) is 91.6 Å². The van der Waals surface area contributed by atoms with Crippen LogP contribution in [0.3, 0.4) is 0 Å². The first-order chi connectivity index (χ1) is 11.0. The molecule has 23 heavy (non-hydrogen) atoms. The van der Waals surface area contributed by atoms with Gasteiger partial charge in [-0.1, -0.05) is 29.8 Å². The largest absolute Gasteiger partial charge is 0.472 e. The Hall–Kier alpha value is -2.60. The van der Waals surface area contributed by atoms with E-state index in [1.54, 1.807) is 6.92 Å². The molecule has 0 saturated heterocycles. The number of furan rings is 1. The van der Waals surface area contributed by atoms with Crippen LogP contribution in [0.4, 0.5) is 0 Å². The molecule has 0 fully saturated rings. The number of hydrogen-bond acceptors (Lipinski definition) is 4. The number of nitrogens with one attached hydrogen (secondary N) is 2. The SMILES string of the molecule is Cc1ccc([C@@H](O)CNC(=O)[C@@H](C)NC(=O)c2ccoc2)cc1. The van der Waals surface area contributed by atoms with Gasteiger partial charge in [0.05, 0.1) is 17.9 Å². The Bertz CT molecular complexity index is 650. The fourth-order valence-corrected chi connectivity index (χ4v) is 2.00. The van der Waals surface area contributed by atoms with Gasteiger partial charge in [-0.15, -0.1) is 0 Å². The Morgan fingerprint density at radius 2 is 1.91 bits per heavy atom.